The molecule has 18 heavy (non-hydrogen) atoms. The molecule has 0 aliphatic carbocycles. The largest absolute Gasteiger partial charge is 0.361 e. The molecule has 0 heterocycles. The predicted molar refractivity (Wildman–Crippen MR) is 65.1 cm³/mol. The van der Waals surface area contributed by atoms with Crippen molar-refractivity contribution in [3.8, 4) is 0 Å². The Morgan fingerprint density at radius 1 is 1.39 bits per heavy atom. The van der Waals surface area contributed by atoms with Crippen molar-refractivity contribution in [2.45, 2.75) is 0 Å². The first-order valence-corrected chi connectivity index (χ1v) is 5.06. The molecule has 0 aromatic heterocycles. The average molecular weight is 249 g/mol. The molecular formula is C12H12FN3O2. The first-order chi connectivity index (χ1) is 8.54. The van der Waals surface area contributed by atoms with Gasteiger partial charge in [0.15, 0.2) is 0 Å². The molecule has 0 aliphatic heterocycles. The van der Waals surface area contributed by atoms with Crippen LogP contribution in [0.15, 0.2) is 42.0 Å². The molecule has 0 fully saturated rings. The monoisotopic (exact) mass is 249 g/mol. The normalized spacial score (nSPS) is 10.3. The van der Waals surface area contributed by atoms with Crippen LogP contribution in [0.1, 0.15) is 5.56 Å². The van der Waals surface area contributed by atoms with Gasteiger partial charge in [0.25, 0.3) is 0 Å². The van der Waals surface area contributed by atoms with Gasteiger partial charge in [0.1, 0.15) is 5.82 Å². The van der Waals surface area contributed by atoms with Crippen molar-refractivity contribution >= 4 is 18.0 Å². The molecule has 0 bridgehead atoms. The maximum Gasteiger partial charge on any atom is 0.331 e. The van der Waals surface area contributed by atoms with Gasteiger partial charge in [-0.15, -0.1) is 6.58 Å². The second-order valence-corrected chi connectivity index (χ2v) is 3.34. The van der Waals surface area contributed by atoms with Gasteiger partial charge in [-0.25, -0.2) is 9.40 Å². The maximum atomic E-state index is 12.7. The van der Waals surface area contributed by atoms with Crippen molar-refractivity contribution in [1.82, 2.24) is 5.01 Å². The second kappa shape index (κ2) is 6.29. The molecule has 5 nitrogen and oxygen atoms in total. The highest BCUT2D eigenvalue weighted by Crippen LogP contribution is 2.01. The van der Waals surface area contributed by atoms with Gasteiger partial charge < -0.3 is 5.73 Å². The third-order valence-electron chi connectivity index (χ3n) is 1.96. The van der Waals surface area contributed by atoms with E-state index >= 15 is 0 Å². The van der Waals surface area contributed by atoms with Crippen LogP contribution in [-0.4, -0.2) is 29.6 Å². The zero-order valence-corrected chi connectivity index (χ0v) is 9.54. The summed E-state index contributed by atoms with van der Waals surface area (Å²) in [7, 11) is 0. The molecule has 6 heteroatoms. The minimum Gasteiger partial charge on any atom is -0.361 e. The molecule has 2 N–H and O–H groups in total. The van der Waals surface area contributed by atoms with E-state index < -0.39 is 11.8 Å². The van der Waals surface area contributed by atoms with Crippen LogP contribution in [0.5, 0.6) is 0 Å². The van der Waals surface area contributed by atoms with Crippen LogP contribution in [0, 0.1) is 5.82 Å². The van der Waals surface area contributed by atoms with Crippen molar-refractivity contribution in [1.29, 1.82) is 0 Å². The van der Waals surface area contributed by atoms with E-state index in [0.29, 0.717) is 5.56 Å². The smallest absolute Gasteiger partial charge is 0.331 e. The molecule has 0 saturated carbocycles. The van der Waals surface area contributed by atoms with Crippen LogP contribution in [0.4, 0.5) is 4.39 Å². The Morgan fingerprint density at radius 3 is 2.50 bits per heavy atom. The van der Waals surface area contributed by atoms with Crippen LogP contribution in [0.2, 0.25) is 0 Å². The van der Waals surface area contributed by atoms with E-state index in [4.69, 9.17) is 5.73 Å². The molecule has 1 rings (SSSR count). The van der Waals surface area contributed by atoms with E-state index in [2.05, 4.69) is 11.7 Å². The van der Waals surface area contributed by atoms with Crippen molar-refractivity contribution in [3.05, 3.63) is 48.3 Å². The lowest BCUT2D eigenvalue weighted by Crippen LogP contribution is -2.37. The minimum absolute atomic E-state index is 0.0550. The molecule has 0 spiro atoms. The molecular weight excluding hydrogens is 237 g/mol. The van der Waals surface area contributed by atoms with Gasteiger partial charge >= 0.3 is 11.8 Å². The Balaban J connectivity index is 2.83. The van der Waals surface area contributed by atoms with Gasteiger partial charge in [-0.1, -0.05) is 18.2 Å². The summed E-state index contributed by atoms with van der Waals surface area (Å²) in [6.45, 7) is 3.49. The summed E-state index contributed by atoms with van der Waals surface area (Å²) in [6, 6.07) is 5.49. The molecule has 0 saturated heterocycles. The summed E-state index contributed by atoms with van der Waals surface area (Å²) in [4.78, 5) is 22.1. The maximum absolute atomic E-state index is 12.7. The van der Waals surface area contributed by atoms with E-state index in [1.165, 1.54) is 36.6 Å². The molecule has 2 amide bonds. The number of benzene rings is 1. The SMILES string of the molecule is C=CCN(/N=C/c1ccc(F)cc1)C(=O)C(N)=O. The van der Waals surface area contributed by atoms with E-state index in [1.807, 2.05) is 0 Å². The van der Waals surface area contributed by atoms with Gasteiger partial charge in [0.05, 0.1) is 12.8 Å². The standard InChI is InChI=1S/C12H12FN3O2/c1-2-7-16(12(18)11(14)17)15-8-9-3-5-10(13)6-4-9/h2-6,8H,1,7H2,(H2,14,17)/b15-8+. The Bertz CT molecular complexity index is 483. The van der Waals surface area contributed by atoms with Gasteiger partial charge in [-0.3, -0.25) is 9.59 Å². The molecule has 94 valence electrons. The molecule has 0 unspecified atom stereocenters. The lowest BCUT2D eigenvalue weighted by Gasteiger charge is -2.12. The third kappa shape index (κ3) is 3.82. The number of primary amides is 1. The van der Waals surface area contributed by atoms with Crippen molar-refractivity contribution < 1.29 is 14.0 Å². The molecule has 0 aliphatic rings. The predicted octanol–water partition coefficient (Wildman–Crippen LogP) is 0.660. The van der Waals surface area contributed by atoms with Crippen LogP contribution >= 0.6 is 0 Å². The Morgan fingerprint density at radius 2 is 2.00 bits per heavy atom. The average Bonchev–Trinajstić information content (AvgIpc) is 2.35. The van der Waals surface area contributed by atoms with Crippen molar-refractivity contribution in [2.75, 3.05) is 6.54 Å². The number of hydrogen-bond acceptors (Lipinski definition) is 3. The fourth-order valence-corrected chi connectivity index (χ4v) is 1.12. The summed E-state index contributed by atoms with van der Waals surface area (Å²) >= 11 is 0. The zero-order valence-electron chi connectivity index (χ0n) is 9.54. The van der Waals surface area contributed by atoms with Crippen LogP contribution < -0.4 is 5.73 Å². The number of carbonyl (C=O) groups excluding carboxylic acids is 2. The molecule has 0 radical (unpaired) electrons. The number of carbonyl (C=O) groups is 2. The highest BCUT2D eigenvalue weighted by molar-refractivity contribution is 6.34. The minimum atomic E-state index is -1.10. The zero-order chi connectivity index (χ0) is 13.5. The number of hydrogen-bond donors (Lipinski definition) is 1. The number of nitrogens with zero attached hydrogens (tertiary/aromatic N) is 2. The van der Waals surface area contributed by atoms with Gasteiger partial charge in [-0.2, -0.15) is 5.10 Å². The molecule has 1 aromatic rings. The van der Waals surface area contributed by atoms with Crippen molar-refractivity contribution in [3.63, 3.8) is 0 Å². The number of halogens is 1. The lowest BCUT2D eigenvalue weighted by atomic mass is 10.2. The first kappa shape index (κ1) is 13.6. The van der Waals surface area contributed by atoms with Crippen LogP contribution in [0.25, 0.3) is 0 Å². The quantitative estimate of drug-likeness (QED) is 0.368. The Labute approximate surface area is 103 Å². The third-order valence-corrected chi connectivity index (χ3v) is 1.96. The molecule has 0 atom stereocenters. The number of nitrogens with two attached hydrogens (primary N) is 1. The Kier molecular flexibility index (Phi) is 4.74. The highest BCUT2D eigenvalue weighted by atomic mass is 19.1. The van der Waals surface area contributed by atoms with Crippen LogP contribution in [-0.2, 0) is 9.59 Å². The van der Waals surface area contributed by atoms with E-state index in [-0.39, 0.29) is 12.4 Å². The summed E-state index contributed by atoms with van der Waals surface area (Å²) in [5.74, 6) is -2.41. The van der Waals surface area contributed by atoms with Crippen LogP contribution in [0.3, 0.4) is 0 Å². The number of rotatable bonds is 4. The second-order valence-electron chi connectivity index (χ2n) is 3.34. The molecule has 1 aromatic carbocycles. The summed E-state index contributed by atoms with van der Waals surface area (Å²) in [6.07, 6.45) is 2.73. The van der Waals surface area contributed by atoms with E-state index in [1.54, 1.807) is 0 Å². The van der Waals surface area contributed by atoms with Gasteiger partial charge in [-0.05, 0) is 17.7 Å². The van der Waals surface area contributed by atoms with Gasteiger partial charge in [0, 0.05) is 0 Å². The fraction of sp³-hybridized carbons (Fsp3) is 0.0833. The first-order valence-electron chi connectivity index (χ1n) is 5.06. The highest BCUT2D eigenvalue weighted by Gasteiger charge is 2.16. The number of amides is 2. The fourth-order valence-electron chi connectivity index (χ4n) is 1.12. The topological polar surface area (TPSA) is 75.8 Å². The summed E-state index contributed by atoms with van der Waals surface area (Å²) in [5.41, 5.74) is 5.45. The van der Waals surface area contributed by atoms with E-state index in [0.717, 1.165) is 5.01 Å². The summed E-state index contributed by atoms with van der Waals surface area (Å²) < 4.78 is 12.7. The van der Waals surface area contributed by atoms with E-state index in [9.17, 15) is 14.0 Å². The summed E-state index contributed by atoms with van der Waals surface area (Å²) in [5, 5.41) is 4.67. The Hall–Kier alpha value is -2.50. The lowest BCUT2D eigenvalue weighted by molar-refractivity contribution is -0.143. The van der Waals surface area contributed by atoms with Crippen molar-refractivity contribution in [2.24, 2.45) is 10.8 Å². The number of hydrazone groups is 1. The van der Waals surface area contributed by atoms with Gasteiger partial charge in [0.2, 0.25) is 0 Å².